The predicted molar refractivity (Wildman–Crippen MR) is 63.1 cm³/mol. The Balaban J connectivity index is 3.00. The Morgan fingerprint density at radius 3 is 2.50 bits per heavy atom. The highest BCUT2D eigenvalue weighted by Crippen LogP contribution is 2.36. The van der Waals surface area contributed by atoms with Gasteiger partial charge in [0.25, 0.3) is 0 Å². The minimum Gasteiger partial charge on any atom is -0.479 e. The van der Waals surface area contributed by atoms with Crippen LogP contribution in [0.2, 0.25) is 0 Å². The summed E-state index contributed by atoms with van der Waals surface area (Å²) in [6.45, 7) is 0.960. The quantitative estimate of drug-likeness (QED) is 0.474. The van der Waals surface area contributed by atoms with Gasteiger partial charge in [-0.05, 0) is 24.6 Å². The molecule has 0 saturated heterocycles. The molecule has 0 unspecified atom stereocenters. The predicted octanol–water partition coefficient (Wildman–Crippen LogP) is 3.53. The van der Waals surface area contributed by atoms with Gasteiger partial charge in [0.1, 0.15) is 0 Å². The van der Waals surface area contributed by atoms with Crippen LogP contribution in [-0.4, -0.2) is 19.2 Å². The molecule has 0 heterocycles. The van der Waals surface area contributed by atoms with Crippen molar-refractivity contribution >= 4 is 17.6 Å². The zero-order valence-corrected chi connectivity index (χ0v) is 11.1. The van der Waals surface area contributed by atoms with Crippen molar-refractivity contribution < 1.29 is 31.8 Å². The van der Waals surface area contributed by atoms with Gasteiger partial charge >= 0.3 is 12.1 Å². The summed E-state index contributed by atoms with van der Waals surface area (Å²) in [5, 5.41) is 0. The second kappa shape index (κ2) is 6.78. The summed E-state index contributed by atoms with van der Waals surface area (Å²) in [7, 11) is 0. The number of benzene rings is 1. The molecule has 0 spiro atoms. The van der Waals surface area contributed by atoms with E-state index in [1.165, 1.54) is 0 Å². The topological polar surface area (TPSA) is 35.5 Å². The molecule has 0 saturated carbocycles. The van der Waals surface area contributed by atoms with Crippen LogP contribution >= 0.6 is 11.6 Å². The average molecular weight is 315 g/mol. The summed E-state index contributed by atoms with van der Waals surface area (Å²) in [6.07, 6.45) is -4.69. The molecule has 1 aromatic carbocycles. The van der Waals surface area contributed by atoms with Crippen molar-refractivity contribution in [3.63, 3.8) is 0 Å². The molecule has 0 fully saturated rings. The molecular weight excluding hydrogens is 304 g/mol. The Kier molecular flexibility index (Phi) is 5.62. The number of alkyl halides is 4. The van der Waals surface area contributed by atoms with Crippen LogP contribution in [0.5, 0.6) is 5.75 Å². The number of ether oxygens (including phenoxy) is 2. The summed E-state index contributed by atoms with van der Waals surface area (Å²) < 4.78 is 61.0. The molecule has 20 heavy (non-hydrogen) atoms. The van der Waals surface area contributed by atoms with E-state index in [0.29, 0.717) is 12.1 Å². The van der Waals surface area contributed by atoms with Crippen molar-refractivity contribution in [3.8, 4) is 5.75 Å². The highest BCUT2D eigenvalue weighted by atomic mass is 35.5. The van der Waals surface area contributed by atoms with Crippen LogP contribution in [0.15, 0.2) is 12.1 Å². The normalized spacial score (nSPS) is 11.3. The minimum atomic E-state index is -4.69. The van der Waals surface area contributed by atoms with Gasteiger partial charge in [-0.15, -0.1) is 11.6 Å². The third-order valence-corrected chi connectivity index (χ3v) is 2.55. The number of hydrogen-bond donors (Lipinski definition) is 0. The lowest BCUT2D eigenvalue weighted by Gasteiger charge is -2.14. The fourth-order valence-electron chi connectivity index (χ4n) is 1.42. The largest absolute Gasteiger partial charge is 0.479 e. The van der Waals surface area contributed by atoms with Crippen LogP contribution in [-0.2, 0) is 21.6 Å². The summed E-state index contributed by atoms with van der Waals surface area (Å²) >= 11 is 5.35. The van der Waals surface area contributed by atoms with Gasteiger partial charge in [0.05, 0.1) is 12.2 Å². The zero-order chi connectivity index (χ0) is 15.3. The Morgan fingerprint density at radius 1 is 1.35 bits per heavy atom. The third-order valence-electron chi connectivity index (χ3n) is 2.26. The van der Waals surface area contributed by atoms with Crippen molar-refractivity contribution in [2.45, 2.75) is 19.0 Å². The summed E-state index contributed by atoms with van der Waals surface area (Å²) in [5.74, 6) is -3.01. The molecule has 0 aliphatic heterocycles. The Hall–Kier alpha value is -1.50. The van der Waals surface area contributed by atoms with E-state index in [1.54, 1.807) is 6.92 Å². The molecule has 8 heteroatoms. The Labute approximate surface area is 117 Å². The highest BCUT2D eigenvalue weighted by molar-refractivity contribution is 6.17. The first-order valence-electron chi connectivity index (χ1n) is 5.53. The zero-order valence-electron chi connectivity index (χ0n) is 10.4. The average Bonchev–Trinajstić information content (AvgIpc) is 2.35. The first-order valence-corrected chi connectivity index (χ1v) is 6.07. The van der Waals surface area contributed by atoms with E-state index < -0.39 is 47.3 Å². The van der Waals surface area contributed by atoms with Gasteiger partial charge in [-0.3, -0.25) is 0 Å². The van der Waals surface area contributed by atoms with Crippen LogP contribution in [0.4, 0.5) is 17.6 Å². The second-order valence-electron chi connectivity index (χ2n) is 3.66. The first-order chi connectivity index (χ1) is 9.29. The molecule has 1 aromatic rings. The van der Waals surface area contributed by atoms with Gasteiger partial charge < -0.3 is 9.47 Å². The van der Waals surface area contributed by atoms with E-state index in [4.69, 9.17) is 16.3 Å². The van der Waals surface area contributed by atoms with Gasteiger partial charge in [0, 0.05) is 5.88 Å². The highest BCUT2D eigenvalue weighted by Gasteiger charge is 2.34. The van der Waals surface area contributed by atoms with Crippen LogP contribution in [0, 0.1) is 5.82 Å². The number of hydrogen-bond acceptors (Lipinski definition) is 3. The lowest BCUT2D eigenvalue weighted by Crippen LogP contribution is -2.16. The fourth-order valence-corrected chi connectivity index (χ4v) is 1.64. The molecule has 0 aromatic heterocycles. The van der Waals surface area contributed by atoms with Gasteiger partial charge in [-0.2, -0.15) is 13.2 Å². The molecule has 0 aliphatic rings. The van der Waals surface area contributed by atoms with Gasteiger partial charge in [0.15, 0.2) is 18.2 Å². The molecule has 3 nitrogen and oxygen atoms in total. The van der Waals surface area contributed by atoms with E-state index in [9.17, 15) is 22.4 Å². The lowest BCUT2D eigenvalue weighted by atomic mass is 10.1. The fraction of sp³-hybridized carbons (Fsp3) is 0.417. The van der Waals surface area contributed by atoms with Crippen molar-refractivity contribution in [3.05, 3.63) is 29.1 Å². The van der Waals surface area contributed by atoms with Gasteiger partial charge in [0.2, 0.25) is 0 Å². The Bertz CT molecular complexity index is 488. The molecule has 0 N–H and O–H groups in total. The number of halogens is 5. The van der Waals surface area contributed by atoms with Crippen molar-refractivity contribution in [1.82, 2.24) is 0 Å². The first kappa shape index (κ1) is 16.6. The van der Waals surface area contributed by atoms with E-state index in [-0.39, 0.29) is 6.61 Å². The molecule has 1 rings (SSSR count). The molecular formula is C12H11ClF4O3. The molecule has 0 amide bonds. The van der Waals surface area contributed by atoms with Crippen molar-refractivity contribution in [1.29, 1.82) is 0 Å². The maximum Gasteiger partial charge on any atom is 0.416 e. The van der Waals surface area contributed by atoms with Crippen molar-refractivity contribution in [2.75, 3.05) is 13.2 Å². The van der Waals surface area contributed by atoms with Crippen LogP contribution in [0.1, 0.15) is 18.1 Å². The number of carbonyl (C=O) groups excluding carboxylic acids is 1. The van der Waals surface area contributed by atoms with Crippen molar-refractivity contribution in [2.24, 2.45) is 0 Å². The number of rotatable bonds is 5. The maximum absolute atomic E-state index is 13.5. The number of esters is 1. The molecule has 112 valence electrons. The summed E-state index contributed by atoms with van der Waals surface area (Å²) in [4.78, 5) is 11.0. The number of carbonyl (C=O) groups is 1. The van der Waals surface area contributed by atoms with Gasteiger partial charge in [-0.25, -0.2) is 9.18 Å². The lowest BCUT2D eigenvalue weighted by molar-refractivity contribution is -0.145. The van der Waals surface area contributed by atoms with E-state index in [1.807, 2.05) is 0 Å². The van der Waals surface area contributed by atoms with Gasteiger partial charge in [-0.1, -0.05) is 0 Å². The molecule has 0 radical (unpaired) electrons. The summed E-state index contributed by atoms with van der Waals surface area (Å²) in [6, 6.07) is 1.11. The molecule has 0 aliphatic carbocycles. The van der Waals surface area contributed by atoms with E-state index in [2.05, 4.69) is 4.74 Å². The standard InChI is InChI=1S/C12H11ClF4O3/c1-2-19-11(18)6-20-10-4-8(12(15,16)17)7(5-13)3-9(10)14/h3-4H,2,5-6H2,1H3. The summed E-state index contributed by atoms with van der Waals surface area (Å²) in [5.41, 5.74) is -1.51. The molecule has 0 atom stereocenters. The Morgan fingerprint density at radius 2 is 2.00 bits per heavy atom. The third kappa shape index (κ3) is 4.26. The second-order valence-corrected chi connectivity index (χ2v) is 3.93. The molecule has 0 bridgehead atoms. The smallest absolute Gasteiger partial charge is 0.416 e. The van der Waals surface area contributed by atoms with E-state index in [0.717, 1.165) is 0 Å². The van der Waals surface area contributed by atoms with Crippen LogP contribution in [0.3, 0.4) is 0 Å². The minimum absolute atomic E-state index is 0.0870. The maximum atomic E-state index is 13.5. The van der Waals surface area contributed by atoms with Crippen LogP contribution < -0.4 is 4.74 Å². The monoisotopic (exact) mass is 314 g/mol. The van der Waals surface area contributed by atoms with Crippen LogP contribution in [0.25, 0.3) is 0 Å². The van der Waals surface area contributed by atoms with E-state index >= 15 is 0 Å². The SMILES string of the molecule is CCOC(=O)COc1cc(C(F)(F)F)c(CCl)cc1F.